The normalized spacial score (nSPS) is 10.9. The third kappa shape index (κ3) is 1.87. The third-order valence-corrected chi connectivity index (χ3v) is 4.19. The van der Waals surface area contributed by atoms with Gasteiger partial charge in [0.15, 0.2) is 11.6 Å². The molecule has 0 aliphatic carbocycles. The maximum atomic E-state index is 13.8. The van der Waals surface area contributed by atoms with Crippen molar-refractivity contribution in [2.75, 3.05) is 0 Å². The zero-order valence-corrected chi connectivity index (χ0v) is 10.9. The minimum Gasteiger partial charge on any atom is -0.477 e. The minimum atomic E-state index is -1.15. The van der Waals surface area contributed by atoms with Crippen LogP contribution < -0.4 is 0 Å². The number of thiophene rings is 1. The van der Waals surface area contributed by atoms with E-state index < -0.39 is 17.6 Å². The molecule has 5 heteroatoms. The molecule has 0 fully saturated rings. The first-order chi connectivity index (χ1) is 9.59. The van der Waals surface area contributed by atoms with Gasteiger partial charge in [-0.25, -0.2) is 13.6 Å². The Labute approximate surface area is 116 Å². The lowest BCUT2D eigenvalue weighted by Crippen LogP contribution is -1.94. The number of halogens is 2. The first kappa shape index (κ1) is 12.7. The van der Waals surface area contributed by atoms with Gasteiger partial charge >= 0.3 is 5.97 Å². The number of benzene rings is 2. The molecule has 0 amide bonds. The van der Waals surface area contributed by atoms with Crippen LogP contribution in [0.2, 0.25) is 0 Å². The highest BCUT2D eigenvalue weighted by molar-refractivity contribution is 7.21. The maximum absolute atomic E-state index is 13.8. The fraction of sp³-hybridized carbons (Fsp3) is 0. The van der Waals surface area contributed by atoms with Crippen LogP contribution in [0.5, 0.6) is 0 Å². The molecular weight excluding hydrogens is 282 g/mol. The summed E-state index contributed by atoms with van der Waals surface area (Å²) in [6.45, 7) is 0. The van der Waals surface area contributed by atoms with Crippen LogP contribution in [-0.4, -0.2) is 11.1 Å². The monoisotopic (exact) mass is 290 g/mol. The van der Waals surface area contributed by atoms with Crippen molar-refractivity contribution in [1.82, 2.24) is 0 Å². The number of hydrogen-bond acceptors (Lipinski definition) is 2. The molecule has 0 radical (unpaired) electrons. The lowest BCUT2D eigenvalue weighted by molar-refractivity contribution is 0.0703. The summed E-state index contributed by atoms with van der Waals surface area (Å²) in [5, 5.41) is 9.70. The van der Waals surface area contributed by atoms with Gasteiger partial charge in [-0.05, 0) is 17.7 Å². The van der Waals surface area contributed by atoms with Crippen molar-refractivity contribution in [1.29, 1.82) is 0 Å². The van der Waals surface area contributed by atoms with Crippen molar-refractivity contribution in [3.05, 3.63) is 59.0 Å². The van der Waals surface area contributed by atoms with Crippen LogP contribution in [0.1, 0.15) is 9.67 Å². The van der Waals surface area contributed by atoms with Gasteiger partial charge in [-0.3, -0.25) is 0 Å². The number of rotatable bonds is 2. The number of aromatic carboxylic acids is 1. The molecule has 0 saturated carbocycles. The summed E-state index contributed by atoms with van der Waals surface area (Å²) in [7, 11) is 0. The molecule has 3 rings (SSSR count). The number of carboxylic acids is 1. The van der Waals surface area contributed by atoms with E-state index in [9.17, 15) is 18.7 Å². The van der Waals surface area contributed by atoms with E-state index in [1.807, 2.05) is 0 Å². The zero-order valence-electron chi connectivity index (χ0n) is 10.1. The highest BCUT2D eigenvalue weighted by Gasteiger charge is 2.22. The van der Waals surface area contributed by atoms with Gasteiger partial charge in [-0.1, -0.05) is 30.3 Å². The SMILES string of the molecule is O=C(O)c1sc2c(F)c(F)ccc2c1-c1ccccc1. The number of carbonyl (C=O) groups is 1. The average Bonchev–Trinajstić information content (AvgIpc) is 2.84. The van der Waals surface area contributed by atoms with Crippen LogP contribution in [0.4, 0.5) is 8.78 Å². The van der Waals surface area contributed by atoms with E-state index in [1.165, 1.54) is 6.07 Å². The van der Waals surface area contributed by atoms with Gasteiger partial charge in [-0.15, -0.1) is 11.3 Å². The Morgan fingerprint density at radius 2 is 1.75 bits per heavy atom. The smallest absolute Gasteiger partial charge is 0.346 e. The molecule has 1 N–H and O–H groups in total. The van der Waals surface area contributed by atoms with E-state index in [0.29, 0.717) is 16.5 Å². The molecule has 1 aromatic heterocycles. The van der Waals surface area contributed by atoms with Crippen molar-refractivity contribution in [2.45, 2.75) is 0 Å². The van der Waals surface area contributed by atoms with Crippen LogP contribution in [0.15, 0.2) is 42.5 Å². The standard InChI is InChI=1S/C15H8F2O2S/c16-10-7-6-9-11(8-4-2-1-3-5-8)14(15(18)19)20-13(9)12(10)17/h1-7H,(H,18,19). The Morgan fingerprint density at radius 1 is 1.05 bits per heavy atom. The van der Waals surface area contributed by atoms with E-state index >= 15 is 0 Å². The molecule has 0 spiro atoms. The van der Waals surface area contributed by atoms with Gasteiger partial charge in [0.2, 0.25) is 0 Å². The van der Waals surface area contributed by atoms with Crippen LogP contribution in [0.3, 0.4) is 0 Å². The van der Waals surface area contributed by atoms with E-state index in [2.05, 4.69) is 0 Å². The van der Waals surface area contributed by atoms with Gasteiger partial charge < -0.3 is 5.11 Å². The Hall–Kier alpha value is -2.27. The van der Waals surface area contributed by atoms with Crippen LogP contribution in [0, 0.1) is 11.6 Å². The molecule has 0 aliphatic rings. The molecule has 2 nitrogen and oxygen atoms in total. The van der Waals surface area contributed by atoms with E-state index in [-0.39, 0.29) is 9.58 Å². The van der Waals surface area contributed by atoms with E-state index in [0.717, 1.165) is 17.4 Å². The number of carboxylic acid groups (broad SMARTS) is 1. The molecular formula is C15H8F2O2S. The summed E-state index contributed by atoms with van der Waals surface area (Å²) < 4.78 is 27.1. The van der Waals surface area contributed by atoms with Crippen LogP contribution in [0.25, 0.3) is 21.2 Å². The first-order valence-electron chi connectivity index (χ1n) is 5.79. The second kappa shape index (κ2) is 4.68. The highest BCUT2D eigenvalue weighted by Crippen LogP contribution is 2.40. The predicted octanol–water partition coefficient (Wildman–Crippen LogP) is 4.54. The van der Waals surface area contributed by atoms with Crippen molar-refractivity contribution < 1.29 is 18.7 Å². The van der Waals surface area contributed by atoms with Crippen molar-refractivity contribution in [3.8, 4) is 11.1 Å². The minimum absolute atomic E-state index is 0.00991. The van der Waals surface area contributed by atoms with Gasteiger partial charge in [0.25, 0.3) is 0 Å². The van der Waals surface area contributed by atoms with Crippen LogP contribution in [-0.2, 0) is 0 Å². The fourth-order valence-electron chi connectivity index (χ4n) is 2.15. The molecule has 20 heavy (non-hydrogen) atoms. The molecule has 0 unspecified atom stereocenters. The van der Waals surface area contributed by atoms with E-state index in [1.54, 1.807) is 30.3 Å². The van der Waals surface area contributed by atoms with Crippen LogP contribution >= 0.6 is 11.3 Å². The van der Waals surface area contributed by atoms with Crippen molar-refractivity contribution >= 4 is 27.4 Å². The second-order valence-corrected chi connectivity index (χ2v) is 5.24. The van der Waals surface area contributed by atoms with E-state index in [4.69, 9.17) is 0 Å². The van der Waals surface area contributed by atoms with Gasteiger partial charge in [0, 0.05) is 10.9 Å². The molecule has 2 aromatic carbocycles. The molecule has 1 heterocycles. The summed E-state index contributed by atoms with van der Waals surface area (Å²) in [5.41, 5.74) is 1.10. The van der Waals surface area contributed by atoms with Crippen molar-refractivity contribution in [2.24, 2.45) is 0 Å². The largest absolute Gasteiger partial charge is 0.477 e. The highest BCUT2D eigenvalue weighted by atomic mass is 32.1. The molecule has 0 aliphatic heterocycles. The van der Waals surface area contributed by atoms with Crippen molar-refractivity contribution in [3.63, 3.8) is 0 Å². The van der Waals surface area contributed by atoms with Gasteiger partial charge in [0.1, 0.15) is 4.88 Å². The molecule has 0 saturated heterocycles. The lowest BCUT2D eigenvalue weighted by atomic mass is 10.0. The molecule has 0 bridgehead atoms. The summed E-state index contributed by atoms with van der Waals surface area (Å²) >= 11 is 0.753. The molecule has 0 atom stereocenters. The summed E-state index contributed by atoms with van der Waals surface area (Å²) in [6.07, 6.45) is 0. The Bertz CT molecular complexity index is 810. The summed E-state index contributed by atoms with van der Waals surface area (Å²) in [5.74, 6) is -3.13. The Morgan fingerprint density at radius 3 is 2.40 bits per heavy atom. The molecule has 3 aromatic rings. The summed E-state index contributed by atoms with van der Waals surface area (Å²) in [6, 6.07) is 11.3. The number of fused-ring (bicyclic) bond motifs is 1. The quantitative estimate of drug-likeness (QED) is 0.752. The van der Waals surface area contributed by atoms with Gasteiger partial charge in [0.05, 0.1) is 4.70 Å². The second-order valence-electron chi connectivity index (χ2n) is 4.22. The summed E-state index contributed by atoms with van der Waals surface area (Å²) in [4.78, 5) is 11.4. The topological polar surface area (TPSA) is 37.3 Å². The lowest BCUT2D eigenvalue weighted by Gasteiger charge is -2.02. The van der Waals surface area contributed by atoms with Gasteiger partial charge in [-0.2, -0.15) is 0 Å². The molecule has 100 valence electrons. The number of hydrogen-bond donors (Lipinski definition) is 1. The Kier molecular flexibility index (Phi) is 2.99. The first-order valence-corrected chi connectivity index (χ1v) is 6.60. The average molecular weight is 290 g/mol. The zero-order chi connectivity index (χ0) is 14.3. The predicted molar refractivity (Wildman–Crippen MR) is 74.1 cm³/mol. The third-order valence-electron chi connectivity index (χ3n) is 3.01. The maximum Gasteiger partial charge on any atom is 0.346 e. The Balaban J connectivity index is 2.43. The fourth-order valence-corrected chi connectivity index (χ4v) is 3.23.